The van der Waals surface area contributed by atoms with Crippen LogP contribution in [0.4, 0.5) is 21.5 Å². The molecule has 12 nitrogen and oxygen atoms in total. The van der Waals surface area contributed by atoms with Crippen molar-refractivity contribution >= 4 is 23.0 Å². The second-order valence-corrected chi connectivity index (χ2v) is 7.68. The minimum Gasteiger partial charge on any atom is -0.464 e. The van der Waals surface area contributed by atoms with E-state index in [0.29, 0.717) is 5.75 Å². The predicted octanol–water partition coefficient (Wildman–Crippen LogP) is 5.23. The Morgan fingerprint density at radius 1 is 1.03 bits per heavy atom. The molecule has 0 spiro atoms. The van der Waals surface area contributed by atoms with Crippen molar-refractivity contribution in [1.82, 2.24) is 9.78 Å². The molecule has 1 heterocycles. The average molecular weight is 507 g/mol. The van der Waals surface area contributed by atoms with Crippen LogP contribution in [0.15, 0.2) is 72.9 Å². The monoisotopic (exact) mass is 507 g/mol. The quantitative estimate of drug-likeness (QED) is 0.239. The normalized spacial score (nSPS) is 10.5. The lowest BCUT2D eigenvalue weighted by Crippen LogP contribution is -2.14. The fourth-order valence-corrected chi connectivity index (χ4v) is 3.26. The summed E-state index contributed by atoms with van der Waals surface area (Å²) >= 11 is 0. The molecule has 1 aromatic heterocycles. The Morgan fingerprint density at radius 3 is 2.54 bits per heavy atom. The van der Waals surface area contributed by atoms with E-state index < -0.39 is 27.3 Å². The van der Waals surface area contributed by atoms with Crippen LogP contribution in [0, 0.1) is 33.0 Å². The molecule has 13 heteroatoms. The third kappa shape index (κ3) is 6.03. The van der Waals surface area contributed by atoms with Gasteiger partial charge in [0.15, 0.2) is 12.4 Å². The maximum Gasteiger partial charge on any atom is 0.311 e. The number of nitro benzene ring substituents is 2. The van der Waals surface area contributed by atoms with Crippen molar-refractivity contribution in [3.63, 3.8) is 0 Å². The fraction of sp³-hybridized carbons (Fsp3) is 0.0833. The van der Waals surface area contributed by atoms with Crippen LogP contribution in [0.25, 0.3) is 0 Å². The Balaban J connectivity index is 1.48. The van der Waals surface area contributed by atoms with Gasteiger partial charge in [-0.15, -0.1) is 0 Å². The van der Waals surface area contributed by atoms with Crippen molar-refractivity contribution in [3.05, 3.63) is 110 Å². The van der Waals surface area contributed by atoms with E-state index in [4.69, 9.17) is 9.47 Å². The molecule has 188 valence electrons. The van der Waals surface area contributed by atoms with Gasteiger partial charge < -0.3 is 14.8 Å². The first kappa shape index (κ1) is 24.8. The summed E-state index contributed by atoms with van der Waals surface area (Å²) in [6.45, 7) is 1.48. The molecule has 0 atom stereocenters. The number of nitrogens with zero attached hydrogens (tertiary/aromatic N) is 4. The third-order valence-electron chi connectivity index (χ3n) is 5.03. The molecule has 0 bridgehead atoms. The zero-order valence-corrected chi connectivity index (χ0v) is 19.2. The van der Waals surface area contributed by atoms with Crippen LogP contribution in [0.5, 0.6) is 17.2 Å². The number of ether oxygens (including phenoxy) is 2. The van der Waals surface area contributed by atoms with Crippen LogP contribution >= 0.6 is 0 Å². The number of halogens is 1. The van der Waals surface area contributed by atoms with Crippen LogP contribution in [0.1, 0.15) is 16.1 Å². The van der Waals surface area contributed by atoms with E-state index in [9.17, 15) is 29.4 Å². The molecule has 0 radical (unpaired) electrons. The zero-order chi connectivity index (χ0) is 26.5. The molecule has 0 saturated carbocycles. The summed E-state index contributed by atoms with van der Waals surface area (Å²) in [7, 11) is 0. The van der Waals surface area contributed by atoms with Crippen LogP contribution in [0.3, 0.4) is 0 Å². The molecule has 0 saturated heterocycles. The first-order chi connectivity index (χ1) is 17.7. The number of nitro groups is 2. The summed E-state index contributed by atoms with van der Waals surface area (Å²) in [4.78, 5) is 33.9. The predicted molar refractivity (Wildman–Crippen MR) is 128 cm³/mol. The topological polar surface area (TPSA) is 152 Å². The summed E-state index contributed by atoms with van der Waals surface area (Å²) in [5.41, 5.74) is 0.128. The molecule has 1 amide bonds. The van der Waals surface area contributed by atoms with Gasteiger partial charge >= 0.3 is 5.69 Å². The van der Waals surface area contributed by atoms with Crippen molar-refractivity contribution < 1.29 is 28.5 Å². The zero-order valence-electron chi connectivity index (χ0n) is 19.2. The van der Waals surface area contributed by atoms with E-state index in [1.165, 1.54) is 35.1 Å². The summed E-state index contributed by atoms with van der Waals surface area (Å²) in [5.74, 6) is -1.06. The maximum atomic E-state index is 13.5. The number of benzene rings is 3. The van der Waals surface area contributed by atoms with Gasteiger partial charge in [-0.1, -0.05) is 18.2 Å². The van der Waals surface area contributed by atoms with Crippen LogP contribution in [-0.4, -0.2) is 25.5 Å². The molecular weight excluding hydrogens is 489 g/mol. The lowest BCUT2D eigenvalue weighted by atomic mass is 10.2. The maximum absolute atomic E-state index is 13.5. The van der Waals surface area contributed by atoms with Crippen molar-refractivity contribution in [2.24, 2.45) is 0 Å². The van der Waals surface area contributed by atoms with E-state index in [1.807, 2.05) is 19.1 Å². The number of carbonyl (C=O) groups excluding carboxylic acids is 1. The lowest BCUT2D eigenvalue weighted by Gasteiger charge is -2.10. The number of aromatic nitrogens is 2. The van der Waals surface area contributed by atoms with Gasteiger partial charge in [-0.2, -0.15) is 5.10 Å². The van der Waals surface area contributed by atoms with Crippen LogP contribution < -0.4 is 14.8 Å². The Bertz CT molecular complexity index is 1500. The highest BCUT2D eigenvalue weighted by Gasteiger charge is 2.18. The second-order valence-electron chi connectivity index (χ2n) is 7.68. The summed E-state index contributed by atoms with van der Waals surface area (Å²) in [5, 5.41) is 29.1. The van der Waals surface area contributed by atoms with E-state index in [2.05, 4.69) is 10.4 Å². The van der Waals surface area contributed by atoms with E-state index in [0.717, 1.165) is 23.8 Å². The first-order valence-electron chi connectivity index (χ1n) is 10.6. The van der Waals surface area contributed by atoms with Crippen LogP contribution in [-0.2, 0) is 6.73 Å². The molecule has 0 fully saturated rings. The molecule has 4 rings (SSSR count). The van der Waals surface area contributed by atoms with E-state index >= 15 is 0 Å². The molecule has 1 N–H and O–H groups in total. The molecule has 4 aromatic rings. The average Bonchev–Trinajstić information content (AvgIpc) is 3.33. The summed E-state index contributed by atoms with van der Waals surface area (Å²) in [6, 6.07) is 15.1. The molecule has 37 heavy (non-hydrogen) atoms. The molecule has 0 aliphatic carbocycles. The van der Waals surface area contributed by atoms with E-state index in [-0.39, 0.29) is 35.3 Å². The Labute approximate surface area is 208 Å². The Kier molecular flexibility index (Phi) is 7.04. The number of nitrogens with one attached hydrogen (secondary N) is 1. The van der Waals surface area contributed by atoms with Gasteiger partial charge in [0.1, 0.15) is 17.3 Å². The first-order valence-corrected chi connectivity index (χ1v) is 10.6. The Morgan fingerprint density at radius 2 is 1.81 bits per heavy atom. The van der Waals surface area contributed by atoms with Crippen molar-refractivity contribution in [2.45, 2.75) is 13.7 Å². The highest BCUT2D eigenvalue weighted by atomic mass is 19.1. The smallest absolute Gasteiger partial charge is 0.311 e. The molecule has 0 aliphatic rings. The van der Waals surface area contributed by atoms with Gasteiger partial charge in [0.05, 0.1) is 21.6 Å². The molecule has 0 aliphatic heterocycles. The number of carbonyl (C=O) groups is 1. The number of anilines is 1. The van der Waals surface area contributed by atoms with Gasteiger partial charge in [0.25, 0.3) is 11.6 Å². The number of hydrogen-bond donors (Lipinski definition) is 1. The minimum absolute atomic E-state index is 0.0646. The summed E-state index contributed by atoms with van der Waals surface area (Å²) < 4.78 is 25.7. The fourth-order valence-electron chi connectivity index (χ4n) is 3.26. The highest BCUT2D eigenvalue weighted by molar-refractivity contribution is 6.03. The standard InChI is InChI=1S/C24H18FN5O7/c1-15-4-2-3-5-22(15)37-19-12-17(11-18(13-19)29(32)33)26-24(31)20-8-9-28(27-20)14-36-23-10-16(25)6-7-21(23)30(34)35/h2-13H,14H2,1H3,(H,26,31). The number of aryl methyl sites for hydroxylation is 1. The van der Waals surface area contributed by atoms with Crippen molar-refractivity contribution in [2.75, 3.05) is 5.32 Å². The largest absolute Gasteiger partial charge is 0.464 e. The number of rotatable bonds is 9. The van der Waals surface area contributed by atoms with E-state index in [1.54, 1.807) is 12.1 Å². The number of para-hydroxylation sites is 1. The lowest BCUT2D eigenvalue weighted by molar-refractivity contribution is -0.386. The highest BCUT2D eigenvalue weighted by Crippen LogP contribution is 2.31. The molecule has 0 unspecified atom stereocenters. The number of hydrogen-bond acceptors (Lipinski definition) is 8. The van der Waals surface area contributed by atoms with Crippen molar-refractivity contribution in [1.29, 1.82) is 0 Å². The third-order valence-corrected chi connectivity index (χ3v) is 5.03. The van der Waals surface area contributed by atoms with Gasteiger partial charge in [-0.3, -0.25) is 25.0 Å². The molecule has 3 aromatic carbocycles. The van der Waals surface area contributed by atoms with Gasteiger partial charge in [0.2, 0.25) is 5.75 Å². The number of amides is 1. The number of non-ortho nitro benzene ring substituents is 1. The Hall–Kier alpha value is -5.33. The minimum atomic E-state index is -0.719. The van der Waals surface area contributed by atoms with Crippen molar-refractivity contribution in [3.8, 4) is 17.2 Å². The SMILES string of the molecule is Cc1ccccc1Oc1cc(NC(=O)c2ccn(COc3cc(F)ccc3[N+](=O)[O-])n2)cc([N+](=O)[O-])c1. The molecular formula is C24H18FN5O7. The van der Waals surface area contributed by atoms with Gasteiger partial charge in [0, 0.05) is 30.5 Å². The summed E-state index contributed by atoms with van der Waals surface area (Å²) in [6.07, 6.45) is 1.38. The van der Waals surface area contributed by atoms with Crippen LogP contribution in [0.2, 0.25) is 0 Å². The van der Waals surface area contributed by atoms with Gasteiger partial charge in [-0.25, -0.2) is 9.07 Å². The second kappa shape index (κ2) is 10.5. The van der Waals surface area contributed by atoms with Gasteiger partial charge in [-0.05, 0) is 30.7 Å².